The maximum atomic E-state index is 14.5. The summed E-state index contributed by atoms with van der Waals surface area (Å²) < 4.78 is 21.9. The molecule has 3 heterocycles. The number of nitrogens with one attached hydrogen (secondary N) is 3. The number of aromatic nitrogens is 3. The Morgan fingerprint density at radius 1 is 1.16 bits per heavy atom. The van der Waals surface area contributed by atoms with E-state index in [0.29, 0.717) is 24.4 Å². The Balaban J connectivity index is 1.34. The molecule has 1 aliphatic rings. The van der Waals surface area contributed by atoms with Crippen molar-refractivity contribution in [3.05, 3.63) is 65.9 Å². The van der Waals surface area contributed by atoms with E-state index in [1.54, 1.807) is 19.5 Å². The number of hydrogen-bond acceptors (Lipinski definition) is 6. The van der Waals surface area contributed by atoms with Crippen LogP contribution in [0, 0.1) is 12.7 Å². The first-order valence-corrected chi connectivity index (χ1v) is 10.1. The van der Waals surface area contributed by atoms with Gasteiger partial charge in [-0.25, -0.2) is 19.8 Å². The van der Waals surface area contributed by atoms with Crippen molar-refractivity contribution in [2.24, 2.45) is 0 Å². The van der Waals surface area contributed by atoms with Gasteiger partial charge in [0.2, 0.25) is 0 Å². The lowest BCUT2D eigenvalue weighted by Gasteiger charge is -2.12. The van der Waals surface area contributed by atoms with Gasteiger partial charge in [0.1, 0.15) is 23.7 Å². The number of hydrogen-bond donors (Lipinski definition) is 3. The predicted molar refractivity (Wildman–Crippen MR) is 120 cm³/mol. The summed E-state index contributed by atoms with van der Waals surface area (Å²) in [4.78, 5) is 8.74. The normalized spacial score (nSPS) is 12.6. The summed E-state index contributed by atoms with van der Waals surface area (Å²) in [6.07, 6.45) is 1.55. The first-order valence-electron chi connectivity index (χ1n) is 10.1. The maximum Gasteiger partial charge on any atom is 0.147 e. The van der Waals surface area contributed by atoms with Crippen LogP contribution < -0.4 is 20.9 Å². The van der Waals surface area contributed by atoms with Gasteiger partial charge in [-0.3, -0.25) is 0 Å². The molecule has 0 fully saturated rings. The third kappa shape index (κ3) is 3.55. The number of nitrogens with zero attached hydrogens (tertiary/aromatic N) is 3. The molecule has 2 aromatic carbocycles. The van der Waals surface area contributed by atoms with E-state index in [2.05, 4.69) is 44.3 Å². The Kier molecular flexibility index (Phi) is 4.91. The summed E-state index contributed by atoms with van der Waals surface area (Å²) in [7, 11) is 1.60. The van der Waals surface area contributed by atoms with Crippen molar-refractivity contribution in [3.63, 3.8) is 0 Å². The van der Waals surface area contributed by atoms with Gasteiger partial charge in [-0.1, -0.05) is 12.1 Å². The minimum absolute atomic E-state index is 0.257. The summed E-state index contributed by atoms with van der Waals surface area (Å²) in [5, 5.41) is 4.11. The molecule has 0 atom stereocenters. The Morgan fingerprint density at radius 3 is 2.94 bits per heavy atom. The number of fused-ring (bicyclic) bond motifs is 2. The van der Waals surface area contributed by atoms with E-state index in [1.807, 2.05) is 23.6 Å². The molecule has 4 aromatic rings. The zero-order chi connectivity index (χ0) is 21.4. The van der Waals surface area contributed by atoms with Crippen LogP contribution in [-0.2, 0) is 13.1 Å². The number of halogens is 1. The second-order valence-corrected chi connectivity index (χ2v) is 7.52. The fourth-order valence-corrected chi connectivity index (χ4v) is 4.05. The zero-order valence-electron chi connectivity index (χ0n) is 17.4. The minimum atomic E-state index is -0.257. The summed E-state index contributed by atoms with van der Waals surface area (Å²) in [5.74, 6) is 1.14. The van der Waals surface area contributed by atoms with E-state index in [1.165, 1.54) is 11.6 Å². The topological polar surface area (TPSA) is 76.0 Å². The number of aryl methyl sites for hydroxylation is 1. The van der Waals surface area contributed by atoms with Gasteiger partial charge >= 0.3 is 0 Å². The van der Waals surface area contributed by atoms with Crippen LogP contribution in [0.4, 0.5) is 15.9 Å². The van der Waals surface area contributed by atoms with Crippen molar-refractivity contribution < 1.29 is 9.13 Å². The van der Waals surface area contributed by atoms with Gasteiger partial charge in [0.25, 0.3) is 0 Å². The second-order valence-electron chi connectivity index (χ2n) is 7.52. The first-order chi connectivity index (χ1) is 15.1. The van der Waals surface area contributed by atoms with Crippen LogP contribution in [0.15, 0.2) is 48.8 Å². The minimum Gasteiger partial charge on any atom is -0.496 e. The number of rotatable bonds is 6. The molecular weight excluding hydrogens is 395 g/mol. The highest BCUT2D eigenvalue weighted by Gasteiger charge is 2.15. The molecule has 31 heavy (non-hydrogen) atoms. The highest BCUT2D eigenvalue weighted by molar-refractivity contribution is 5.88. The number of benzene rings is 2. The smallest absolute Gasteiger partial charge is 0.147 e. The standard InChI is InChI=1S/C23H23FN6O/c1-14-9-17-21(31-2)6-5-18(24)23(17)30(14)8-7-25-22-11-19(26-13-27-22)15-3-4-16-12-28-29-20(16)10-15/h3-6,9-11,13,28-29H,7-8,12H2,1-2H3,(H,25,26,27). The number of methoxy groups -OCH3 is 1. The van der Waals surface area contributed by atoms with Gasteiger partial charge in [-0.15, -0.1) is 0 Å². The Morgan fingerprint density at radius 2 is 2.06 bits per heavy atom. The van der Waals surface area contributed by atoms with E-state index in [4.69, 9.17) is 4.74 Å². The lowest BCUT2D eigenvalue weighted by Crippen LogP contribution is -2.13. The van der Waals surface area contributed by atoms with Gasteiger partial charge in [0.05, 0.1) is 24.0 Å². The zero-order valence-corrected chi connectivity index (χ0v) is 17.4. The second kappa shape index (κ2) is 7.88. The van der Waals surface area contributed by atoms with E-state index in [0.717, 1.165) is 40.4 Å². The number of hydrazine groups is 1. The molecule has 0 radical (unpaired) electrons. The van der Waals surface area contributed by atoms with E-state index < -0.39 is 0 Å². The van der Waals surface area contributed by atoms with Gasteiger partial charge in [-0.2, -0.15) is 0 Å². The van der Waals surface area contributed by atoms with Crippen LogP contribution >= 0.6 is 0 Å². The van der Waals surface area contributed by atoms with E-state index in [-0.39, 0.29) is 5.82 Å². The van der Waals surface area contributed by atoms with Crippen molar-refractivity contribution in [3.8, 4) is 17.0 Å². The van der Waals surface area contributed by atoms with Crippen LogP contribution in [0.5, 0.6) is 5.75 Å². The molecule has 0 amide bonds. The molecular formula is C23H23FN6O. The Hall–Kier alpha value is -3.65. The predicted octanol–water partition coefficient (Wildman–Crippen LogP) is 4.10. The van der Waals surface area contributed by atoms with Crippen molar-refractivity contribution in [1.82, 2.24) is 20.0 Å². The van der Waals surface area contributed by atoms with E-state index in [9.17, 15) is 4.39 Å². The molecule has 1 aliphatic heterocycles. The van der Waals surface area contributed by atoms with Crippen molar-refractivity contribution in [1.29, 1.82) is 0 Å². The molecule has 7 nitrogen and oxygen atoms in total. The Bertz CT molecular complexity index is 1270. The summed E-state index contributed by atoms with van der Waals surface area (Å²) >= 11 is 0. The largest absolute Gasteiger partial charge is 0.496 e. The van der Waals surface area contributed by atoms with Crippen molar-refractivity contribution >= 4 is 22.4 Å². The molecule has 2 aromatic heterocycles. The highest BCUT2D eigenvalue weighted by atomic mass is 19.1. The first kappa shape index (κ1) is 19.3. The molecule has 0 saturated carbocycles. The van der Waals surface area contributed by atoms with Crippen LogP contribution in [-0.4, -0.2) is 28.2 Å². The quantitative estimate of drug-likeness (QED) is 0.438. The molecule has 0 saturated heterocycles. The van der Waals surface area contributed by atoms with Gasteiger partial charge in [0, 0.05) is 42.3 Å². The summed E-state index contributed by atoms with van der Waals surface area (Å²) in [6.45, 7) is 3.96. The van der Waals surface area contributed by atoms with Crippen LogP contribution in [0.25, 0.3) is 22.2 Å². The molecule has 0 unspecified atom stereocenters. The Labute approximate surface area is 179 Å². The summed E-state index contributed by atoms with van der Waals surface area (Å²) in [5.41, 5.74) is 12.0. The monoisotopic (exact) mass is 418 g/mol. The molecule has 158 valence electrons. The van der Waals surface area contributed by atoms with Crippen LogP contribution in [0.2, 0.25) is 0 Å². The van der Waals surface area contributed by atoms with Crippen molar-refractivity contribution in [2.75, 3.05) is 24.4 Å². The molecule has 0 bridgehead atoms. The van der Waals surface area contributed by atoms with Gasteiger partial charge < -0.3 is 20.0 Å². The average molecular weight is 418 g/mol. The van der Waals surface area contributed by atoms with Gasteiger partial charge in [0.15, 0.2) is 0 Å². The molecule has 0 spiro atoms. The van der Waals surface area contributed by atoms with Crippen LogP contribution in [0.1, 0.15) is 11.3 Å². The lowest BCUT2D eigenvalue weighted by atomic mass is 10.1. The average Bonchev–Trinajstić information content (AvgIpc) is 3.38. The third-order valence-corrected chi connectivity index (χ3v) is 5.61. The fraction of sp³-hybridized carbons (Fsp3) is 0.217. The fourth-order valence-electron chi connectivity index (χ4n) is 4.05. The van der Waals surface area contributed by atoms with E-state index >= 15 is 0 Å². The van der Waals surface area contributed by atoms with Crippen molar-refractivity contribution in [2.45, 2.75) is 20.0 Å². The maximum absolute atomic E-state index is 14.5. The SMILES string of the molecule is COc1ccc(F)c2c1cc(C)n2CCNc1cc(-c2ccc3c(c2)NNC3)ncn1. The lowest BCUT2D eigenvalue weighted by molar-refractivity contribution is 0.419. The molecule has 0 aliphatic carbocycles. The number of ether oxygens (including phenoxy) is 1. The highest BCUT2D eigenvalue weighted by Crippen LogP contribution is 2.31. The third-order valence-electron chi connectivity index (χ3n) is 5.61. The molecule has 8 heteroatoms. The summed E-state index contributed by atoms with van der Waals surface area (Å²) in [6, 6.07) is 13.2. The molecule has 5 rings (SSSR count). The number of anilines is 2. The molecule has 3 N–H and O–H groups in total. The van der Waals surface area contributed by atoms with Gasteiger partial charge in [-0.05, 0) is 36.8 Å². The van der Waals surface area contributed by atoms with Crippen LogP contribution in [0.3, 0.4) is 0 Å².